The number of nitrogens with zero attached hydrogens (tertiary/aromatic N) is 2. The number of nitrogens with one attached hydrogen (secondary N) is 1. The molecule has 0 spiro atoms. The monoisotopic (exact) mass is 681 g/mol. The Bertz CT molecular complexity index is 2210. The number of carbonyl (C=O) groups is 4. The molecule has 242 valence electrons. The number of hydrogen-bond acceptors (Lipinski definition) is 7. The first-order chi connectivity index (χ1) is 23.1. The summed E-state index contributed by atoms with van der Waals surface area (Å²) >= 11 is 12.9. The summed E-state index contributed by atoms with van der Waals surface area (Å²) in [5, 5.41) is 6.49. The van der Waals surface area contributed by atoms with Crippen molar-refractivity contribution in [1.29, 1.82) is 0 Å². The van der Waals surface area contributed by atoms with E-state index < -0.39 is 17.5 Å². The first-order valence-electron chi connectivity index (χ1n) is 15.7. The molecule has 4 aromatic rings. The molecule has 0 saturated heterocycles. The zero-order valence-electron chi connectivity index (χ0n) is 26.1. The van der Waals surface area contributed by atoms with Crippen molar-refractivity contribution in [2.24, 2.45) is 0 Å². The fraction of sp³-hybridized carbons (Fsp3) is 0.270. The second kappa shape index (κ2) is 11.1. The average molecular weight is 683 g/mol. The minimum Gasteiger partial charge on any atom is -0.426 e. The number of benzene rings is 4. The molecule has 0 bridgehead atoms. The second-order valence-electron chi connectivity index (χ2n) is 12.6. The summed E-state index contributed by atoms with van der Waals surface area (Å²) < 4.78 is 11.2. The Balaban J connectivity index is 1.12. The van der Waals surface area contributed by atoms with Crippen molar-refractivity contribution in [3.8, 4) is 11.5 Å². The van der Waals surface area contributed by atoms with Gasteiger partial charge in [-0.25, -0.2) is 0 Å². The predicted octanol–water partition coefficient (Wildman–Crippen LogP) is 6.04. The van der Waals surface area contributed by atoms with Gasteiger partial charge >= 0.3 is 11.9 Å². The van der Waals surface area contributed by atoms with Crippen LogP contribution < -0.4 is 24.6 Å². The van der Waals surface area contributed by atoms with E-state index in [1.165, 1.54) is 13.8 Å². The van der Waals surface area contributed by atoms with Gasteiger partial charge in [0.25, 0.3) is 11.8 Å². The highest BCUT2D eigenvalue weighted by Crippen LogP contribution is 2.53. The molecule has 2 amide bonds. The number of esters is 2. The van der Waals surface area contributed by atoms with Gasteiger partial charge in [-0.2, -0.15) is 0 Å². The van der Waals surface area contributed by atoms with E-state index in [-0.39, 0.29) is 35.2 Å². The maximum atomic E-state index is 14.4. The van der Waals surface area contributed by atoms with E-state index in [1.54, 1.807) is 21.9 Å². The molecule has 4 aromatic carbocycles. The Hall–Kier alpha value is -4.82. The van der Waals surface area contributed by atoms with Gasteiger partial charge in [-0.3, -0.25) is 19.2 Å². The fourth-order valence-electron chi connectivity index (χ4n) is 7.56. The van der Waals surface area contributed by atoms with Crippen LogP contribution in [0, 0.1) is 0 Å². The maximum Gasteiger partial charge on any atom is 0.308 e. The summed E-state index contributed by atoms with van der Waals surface area (Å²) in [6.07, 6.45) is 0.409. The molecule has 4 aliphatic rings. The van der Waals surface area contributed by atoms with Crippen LogP contribution in [0.15, 0.2) is 77.7 Å². The number of rotatable bonds is 6. The highest BCUT2D eigenvalue weighted by Gasteiger charge is 2.62. The van der Waals surface area contributed by atoms with E-state index in [9.17, 15) is 19.2 Å². The van der Waals surface area contributed by atoms with E-state index in [0.29, 0.717) is 53.8 Å². The number of alkyl halides is 2. The van der Waals surface area contributed by atoms with Gasteiger partial charge in [0.15, 0.2) is 5.54 Å². The quantitative estimate of drug-likeness (QED) is 0.115. The number of halogens is 2. The molecule has 8 rings (SSSR count). The van der Waals surface area contributed by atoms with E-state index >= 15 is 0 Å². The van der Waals surface area contributed by atoms with Crippen LogP contribution in [0.4, 0.5) is 11.4 Å². The first kappa shape index (κ1) is 30.5. The molecule has 3 aliphatic heterocycles. The number of amides is 2. The summed E-state index contributed by atoms with van der Waals surface area (Å²) in [5.41, 5.74) is 6.01. The molecule has 11 heteroatoms. The lowest BCUT2D eigenvalue weighted by Gasteiger charge is -2.26. The molecule has 0 aromatic heterocycles. The van der Waals surface area contributed by atoms with Gasteiger partial charge in [-0.15, -0.1) is 23.2 Å². The van der Waals surface area contributed by atoms with Crippen molar-refractivity contribution in [2.45, 2.75) is 37.6 Å². The Kier molecular flexibility index (Phi) is 7.07. The van der Waals surface area contributed by atoms with Gasteiger partial charge in [0.1, 0.15) is 17.2 Å². The third kappa shape index (κ3) is 4.53. The number of hydrogen-bond donors (Lipinski definition) is 1. The summed E-state index contributed by atoms with van der Waals surface area (Å²) in [7, 11) is 0. The average Bonchev–Trinajstić information content (AvgIpc) is 3.35. The smallest absolute Gasteiger partial charge is 0.308 e. The van der Waals surface area contributed by atoms with Crippen molar-refractivity contribution >= 4 is 79.9 Å². The van der Waals surface area contributed by atoms with Crippen LogP contribution in [-0.2, 0) is 19.2 Å². The normalized spacial score (nSPS) is 21.7. The first-order valence-corrected chi connectivity index (χ1v) is 16.7. The summed E-state index contributed by atoms with van der Waals surface area (Å²) in [6, 6.07) is 18.6. The van der Waals surface area contributed by atoms with Crippen molar-refractivity contribution in [2.75, 3.05) is 34.6 Å². The van der Waals surface area contributed by atoms with Crippen LogP contribution >= 0.6 is 23.2 Å². The fourth-order valence-corrected chi connectivity index (χ4v) is 8.06. The van der Waals surface area contributed by atoms with Gasteiger partial charge in [0, 0.05) is 85.4 Å². The van der Waals surface area contributed by atoms with E-state index in [0.717, 1.165) is 32.7 Å². The van der Waals surface area contributed by atoms with Crippen molar-refractivity contribution < 1.29 is 28.7 Å². The van der Waals surface area contributed by atoms with Crippen LogP contribution in [0.2, 0.25) is 0 Å². The standard InChI is InChI=1S/C37H29Cl2N3O6/c1-19(43)47-31-12-29-33(26-9-5-3-7-24(26)31)21(15-38)17-41(29)35(45)28-11-23-14-37(23,40-28)36(46)42-18-22(16-39)34-27-10-6-4-8-25(27)32(13-30(34)42)48-20(2)44/h3-10,12-13,21-22,40H,14-18H2,1-2H3/t21-,22-,37?/m1/s1. The van der Waals surface area contributed by atoms with E-state index in [2.05, 4.69) is 11.0 Å². The molecule has 1 fully saturated rings. The van der Waals surface area contributed by atoms with Gasteiger partial charge in [0.2, 0.25) is 0 Å². The van der Waals surface area contributed by atoms with Crippen LogP contribution in [0.3, 0.4) is 0 Å². The molecule has 1 saturated carbocycles. The molecule has 0 radical (unpaired) electrons. The number of fused-ring (bicyclic) bond motifs is 7. The number of anilines is 2. The summed E-state index contributed by atoms with van der Waals surface area (Å²) in [6.45, 7) is 3.33. The Morgan fingerprint density at radius 1 is 0.792 bits per heavy atom. The van der Waals surface area contributed by atoms with Crippen molar-refractivity contribution in [3.05, 3.63) is 88.8 Å². The maximum absolute atomic E-state index is 14.4. The molecule has 9 nitrogen and oxygen atoms in total. The molecule has 48 heavy (non-hydrogen) atoms. The zero-order chi connectivity index (χ0) is 33.5. The van der Waals surface area contributed by atoms with Crippen LogP contribution in [0.1, 0.15) is 43.2 Å². The molecule has 3 heterocycles. The minimum atomic E-state index is -1.11. The van der Waals surface area contributed by atoms with Gasteiger partial charge in [0.05, 0.1) is 11.4 Å². The topological polar surface area (TPSA) is 105 Å². The van der Waals surface area contributed by atoms with Gasteiger partial charge < -0.3 is 24.6 Å². The molecule has 1 aliphatic carbocycles. The van der Waals surface area contributed by atoms with E-state index in [1.807, 2.05) is 48.5 Å². The van der Waals surface area contributed by atoms with Crippen molar-refractivity contribution in [3.63, 3.8) is 0 Å². The summed E-state index contributed by atoms with van der Waals surface area (Å²) in [4.78, 5) is 55.9. The van der Waals surface area contributed by atoms with Crippen LogP contribution in [0.5, 0.6) is 11.5 Å². The zero-order valence-corrected chi connectivity index (χ0v) is 27.6. The number of ether oxygens (including phenoxy) is 2. The highest BCUT2D eigenvalue weighted by molar-refractivity contribution is 6.20. The lowest BCUT2D eigenvalue weighted by molar-refractivity contribution is -0.132. The Labute approximate surface area is 285 Å². The predicted molar refractivity (Wildman–Crippen MR) is 183 cm³/mol. The van der Waals surface area contributed by atoms with Crippen LogP contribution in [-0.4, -0.2) is 54.1 Å². The lowest BCUT2D eigenvalue weighted by atomic mass is 9.95. The second-order valence-corrected chi connectivity index (χ2v) is 13.2. The third-order valence-corrected chi connectivity index (χ3v) is 10.4. The highest BCUT2D eigenvalue weighted by atomic mass is 35.5. The molecular formula is C37H29Cl2N3O6. The third-order valence-electron chi connectivity index (χ3n) is 9.65. The summed E-state index contributed by atoms with van der Waals surface area (Å²) in [5.74, 6) is -0.526. The minimum absolute atomic E-state index is 0.144. The molecule has 3 atom stereocenters. The van der Waals surface area contributed by atoms with Crippen LogP contribution in [0.25, 0.3) is 21.5 Å². The van der Waals surface area contributed by atoms with Crippen molar-refractivity contribution in [1.82, 2.24) is 5.32 Å². The molecular weight excluding hydrogens is 653 g/mol. The lowest BCUT2D eigenvalue weighted by Crippen LogP contribution is -2.49. The van der Waals surface area contributed by atoms with Gasteiger partial charge in [-0.1, -0.05) is 54.3 Å². The number of carbonyl (C=O) groups excluding carboxylic acids is 4. The Morgan fingerprint density at radius 2 is 1.27 bits per heavy atom. The van der Waals surface area contributed by atoms with E-state index in [4.69, 9.17) is 32.7 Å². The SMILES string of the molecule is CC(=O)Oc1cc2c(c3ccccc13)[C@H](CCl)CN2C(=O)C1=C=C2CC2(C(=O)N2C[C@@H](CCl)c3c2cc(OC(C)=O)c2ccccc32)N1. The van der Waals surface area contributed by atoms with Gasteiger partial charge in [-0.05, 0) is 21.9 Å². The molecule has 1 N–H and O–H groups in total. The Morgan fingerprint density at radius 3 is 1.77 bits per heavy atom. The largest absolute Gasteiger partial charge is 0.426 e. The molecule has 1 unspecified atom stereocenters.